The molecule has 1 aromatic rings. The number of ether oxygens (including phenoxy) is 1. The van der Waals surface area contributed by atoms with Crippen LogP contribution in [-0.2, 0) is 0 Å². The lowest BCUT2D eigenvalue weighted by Gasteiger charge is -2.09. The second-order valence-corrected chi connectivity index (χ2v) is 3.82. The topological polar surface area (TPSA) is 35.2 Å². The number of nitrogen functional groups attached to an aromatic ring is 1. The SMILES string of the molecule is CCCOc1ccc(Cl)c(Br)c1N. The van der Waals surface area contributed by atoms with E-state index in [0.29, 0.717) is 27.5 Å². The average Bonchev–Trinajstić information content (AvgIpc) is 2.13. The number of halogens is 2. The van der Waals surface area contributed by atoms with Crippen LogP contribution in [0.25, 0.3) is 0 Å². The van der Waals surface area contributed by atoms with E-state index in [9.17, 15) is 0 Å². The van der Waals surface area contributed by atoms with E-state index in [1.165, 1.54) is 0 Å². The van der Waals surface area contributed by atoms with Gasteiger partial charge in [0, 0.05) is 0 Å². The van der Waals surface area contributed by atoms with Gasteiger partial charge in [-0.25, -0.2) is 0 Å². The van der Waals surface area contributed by atoms with Gasteiger partial charge in [0.1, 0.15) is 5.75 Å². The smallest absolute Gasteiger partial charge is 0.143 e. The van der Waals surface area contributed by atoms with E-state index in [1.807, 2.05) is 6.92 Å². The third kappa shape index (κ3) is 2.51. The Morgan fingerprint density at radius 3 is 2.85 bits per heavy atom. The van der Waals surface area contributed by atoms with E-state index in [0.717, 1.165) is 6.42 Å². The molecule has 1 rings (SSSR count). The summed E-state index contributed by atoms with van der Waals surface area (Å²) in [4.78, 5) is 0. The Morgan fingerprint density at radius 2 is 2.23 bits per heavy atom. The van der Waals surface area contributed by atoms with E-state index < -0.39 is 0 Å². The summed E-state index contributed by atoms with van der Waals surface area (Å²) in [5.41, 5.74) is 6.32. The summed E-state index contributed by atoms with van der Waals surface area (Å²) < 4.78 is 6.11. The first kappa shape index (κ1) is 10.7. The highest BCUT2D eigenvalue weighted by Crippen LogP contribution is 2.35. The maximum atomic E-state index is 5.84. The molecule has 4 heteroatoms. The van der Waals surface area contributed by atoms with E-state index in [2.05, 4.69) is 15.9 Å². The first-order valence-corrected chi connectivity index (χ1v) is 5.20. The van der Waals surface area contributed by atoms with Gasteiger partial charge in [-0.15, -0.1) is 0 Å². The van der Waals surface area contributed by atoms with Gasteiger partial charge < -0.3 is 10.5 Å². The number of benzene rings is 1. The predicted octanol–water partition coefficient (Wildman–Crippen LogP) is 3.47. The predicted molar refractivity (Wildman–Crippen MR) is 59.4 cm³/mol. The number of hydrogen-bond acceptors (Lipinski definition) is 2. The number of rotatable bonds is 3. The highest BCUT2D eigenvalue weighted by Gasteiger charge is 2.07. The van der Waals surface area contributed by atoms with E-state index in [4.69, 9.17) is 22.1 Å². The quantitative estimate of drug-likeness (QED) is 0.849. The largest absolute Gasteiger partial charge is 0.491 e. The normalized spacial score (nSPS) is 10.1. The monoisotopic (exact) mass is 263 g/mol. The minimum absolute atomic E-state index is 0.556. The molecular formula is C9H11BrClNO. The zero-order chi connectivity index (χ0) is 9.84. The van der Waals surface area contributed by atoms with Crippen LogP contribution in [0.5, 0.6) is 5.75 Å². The second kappa shape index (κ2) is 4.72. The van der Waals surface area contributed by atoms with Crippen LogP contribution in [0, 0.1) is 0 Å². The Bertz CT molecular complexity index is 304. The zero-order valence-corrected chi connectivity index (χ0v) is 9.65. The van der Waals surface area contributed by atoms with Gasteiger partial charge in [0.05, 0.1) is 21.8 Å². The molecular weight excluding hydrogens is 253 g/mol. The minimum atomic E-state index is 0.556. The lowest BCUT2D eigenvalue weighted by molar-refractivity contribution is 0.319. The molecule has 0 saturated heterocycles. The van der Waals surface area contributed by atoms with Crippen molar-refractivity contribution in [1.82, 2.24) is 0 Å². The Balaban J connectivity index is 2.90. The fourth-order valence-corrected chi connectivity index (χ4v) is 1.38. The van der Waals surface area contributed by atoms with E-state index >= 15 is 0 Å². The van der Waals surface area contributed by atoms with E-state index in [-0.39, 0.29) is 0 Å². The van der Waals surface area contributed by atoms with Gasteiger partial charge in [-0.2, -0.15) is 0 Å². The van der Waals surface area contributed by atoms with Gasteiger partial charge >= 0.3 is 0 Å². The van der Waals surface area contributed by atoms with Crippen molar-refractivity contribution in [3.05, 3.63) is 21.6 Å². The standard InChI is InChI=1S/C9H11BrClNO/c1-2-5-13-7-4-3-6(11)8(10)9(7)12/h3-4H,2,5,12H2,1H3. The number of anilines is 1. The Labute approximate surface area is 91.2 Å². The van der Waals surface area contributed by atoms with Crippen molar-refractivity contribution in [3.63, 3.8) is 0 Å². The molecule has 0 unspecified atom stereocenters. The summed E-state index contributed by atoms with van der Waals surface area (Å²) in [6.45, 7) is 2.71. The van der Waals surface area contributed by atoms with Gasteiger partial charge in [-0.3, -0.25) is 0 Å². The molecule has 0 aromatic heterocycles. The maximum absolute atomic E-state index is 5.84. The van der Waals surface area contributed by atoms with Crippen LogP contribution in [-0.4, -0.2) is 6.61 Å². The summed E-state index contributed by atoms with van der Waals surface area (Å²) in [6, 6.07) is 3.53. The molecule has 0 spiro atoms. The Kier molecular flexibility index (Phi) is 3.88. The molecule has 0 aliphatic carbocycles. The van der Waals surface area contributed by atoms with E-state index in [1.54, 1.807) is 12.1 Å². The summed E-state index contributed by atoms with van der Waals surface area (Å²) >= 11 is 9.12. The third-order valence-corrected chi connectivity index (χ3v) is 2.95. The summed E-state index contributed by atoms with van der Waals surface area (Å²) in [5, 5.41) is 0.598. The fraction of sp³-hybridized carbons (Fsp3) is 0.333. The van der Waals surface area contributed by atoms with Crippen LogP contribution in [0.4, 0.5) is 5.69 Å². The van der Waals surface area contributed by atoms with Gasteiger partial charge in [-0.1, -0.05) is 18.5 Å². The first-order valence-electron chi connectivity index (χ1n) is 4.03. The summed E-state index contributed by atoms with van der Waals surface area (Å²) in [7, 11) is 0. The first-order chi connectivity index (χ1) is 6.16. The van der Waals surface area contributed by atoms with Crippen LogP contribution in [0.1, 0.15) is 13.3 Å². The molecule has 2 N–H and O–H groups in total. The molecule has 0 radical (unpaired) electrons. The van der Waals surface area contributed by atoms with Crippen LogP contribution in [0.2, 0.25) is 5.02 Å². The van der Waals surface area contributed by atoms with Crippen LogP contribution < -0.4 is 10.5 Å². The molecule has 0 fully saturated rings. The summed E-state index contributed by atoms with van der Waals surface area (Å²) in [6.07, 6.45) is 0.958. The van der Waals surface area contributed by atoms with Gasteiger partial charge in [0.2, 0.25) is 0 Å². The molecule has 0 amide bonds. The lowest BCUT2D eigenvalue weighted by Crippen LogP contribution is -1.99. The highest BCUT2D eigenvalue weighted by atomic mass is 79.9. The number of hydrogen-bond donors (Lipinski definition) is 1. The van der Waals surface area contributed by atoms with Gasteiger partial charge in [0.15, 0.2) is 0 Å². The summed E-state index contributed by atoms with van der Waals surface area (Å²) in [5.74, 6) is 0.679. The van der Waals surface area contributed by atoms with Crippen molar-refractivity contribution >= 4 is 33.2 Å². The molecule has 0 bridgehead atoms. The molecule has 0 saturated carbocycles. The Morgan fingerprint density at radius 1 is 1.54 bits per heavy atom. The second-order valence-electron chi connectivity index (χ2n) is 2.62. The van der Waals surface area contributed by atoms with Gasteiger partial charge in [-0.05, 0) is 34.5 Å². The molecule has 0 aliphatic heterocycles. The lowest BCUT2D eigenvalue weighted by atomic mass is 10.3. The molecule has 1 aromatic carbocycles. The van der Waals surface area contributed by atoms with Crippen LogP contribution in [0.3, 0.4) is 0 Å². The molecule has 2 nitrogen and oxygen atoms in total. The molecule has 0 atom stereocenters. The van der Waals surface area contributed by atoms with Crippen molar-refractivity contribution in [1.29, 1.82) is 0 Å². The molecule has 0 heterocycles. The fourth-order valence-electron chi connectivity index (χ4n) is 0.886. The van der Waals surface area contributed by atoms with Crippen LogP contribution >= 0.6 is 27.5 Å². The molecule has 13 heavy (non-hydrogen) atoms. The average molecular weight is 265 g/mol. The zero-order valence-electron chi connectivity index (χ0n) is 7.31. The number of nitrogens with two attached hydrogens (primary N) is 1. The van der Waals surface area contributed by atoms with Crippen LogP contribution in [0.15, 0.2) is 16.6 Å². The molecule has 72 valence electrons. The maximum Gasteiger partial charge on any atom is 0.143 e. The highest BCUT2D eigenvalue weighted by molar-refractivity contribution is 9.10. The molecule has 0 aliphatic rings. The van der Waals surface area contributed by atoms with Crippen molar-refractivity contribution in [2.24, 2.45) is 0 Å². The Hall–Kier alpha value is -0.410. The van der Waals surface area contributed by atoms with Crippen molar-refractivity contribution in [2.45, 2.75) is 13.3 Å². The van der Waals surface area contributed by atoms with Gasteiger partial charge in [0.25, 0.3) is 0 Å². The van der Waals surface area contributed by atoms with Crippen molar-refractivity contribution in [2.75, 3.05) is 12.3 Å². The third-order valence-electron chi connectivity index (χ3n) is 1.55. The van der Waals surface area contributed by atoms with Crippen molar-refractivity contribution < 1.29 is 4.74 Å². The van der Waals surface area contributed by atoms with Crippen molar-refractivity contribution in [3.8, 4) is 5.75 Å². The minimum Gasteiger partial charge on any atom is -0.491 e.